The summed E-state index contributed by atoms with van der Waals surface area (Å²) in [5, 5.41) is 4.70. The van der Waals surface area contributed by atoms with Gasteiger partial charge in [-0.1, -0.05) is 0 Å². The molecule has 0 aliphatic heterocycles. The van der Waals surface area contributed by atoms with Gasteiger partial charge in [-0.05, 0) is 12.1 Å². The minimum atomic E-state index is -0.511. The molecular formula is C11H9ClFN5O. The van der Waals surface area contributed by atoms with Crippen LogP contribution in [0.2, 0.25) is 0 Å². The smallest absolute Gasteiger partial charge is 0.223 e. The summed E-state index contributed by atoms with van der Waals surface area (Å²) in [6.45, 7) is 0. The number of methoxy groups -OCH3 is 1. The number of benzene rings is 1. The van der Waals surface area contributed by atoms with Gasteiger partial charge in [-0.3, -0.25) is 0 Å². The van der Waals surface area contributed by atoms with Crippen LogP contribution < -0.4 is 10.5 Å². The maximum Gasteiger partial charge on any atom is 0.223 e. The molecule has 0 amide bonds. The molecule has 19 heavy (non-hydrogen) atoms. The third kappa shape index (κ3) is 1.66. The molecule has 0 saturated heterocycles. The quantitative estimate of drug-likeness (QED) is 0.724. The second-order valence-corrected chi connectivity index (χ2v) is 4.11. The molecule has 6 nitrogen and oxygen atoms in total. The molecule has 8 heteroatoms. The summed E-state index contributed by atoms with van der Waals surface area (Å²) in [5.41, 5.74) is 6.57. The lowest BCUT2D eigenvalue weighted by Crippen LogP contribution is -2.04. The van der Waals surface area contributed by atoms with Gasteiger partial charge < -0.3 is 10.5 Å². The van der Waals surface area contributed by atoms with Crippen LogP contribution in [0.15, 0.2) is 12.1 Å². The number of anilines is 1. The number of alkyl halides is 1. The van der Waals surface area contributed by atoms with Gasteiger partial charge in [-0.15, -0.1) is 16.7 Å². The Labute approximate surface area is 112 Å². The summed E-state index contributed by atoms with van der Waals surface area (Å²) in [4.78, 5) is 8.36. The van der Waals surface area contributed by atoms with Crippen molar-refractivity contribution in [2.24, 2.45) is 0 Å². The van der Waals surface area contributed by atoms with E-state index in [2.05, 4.69) is 15.1 Å². The van der Waals surface area contributed by atoms with Gasteiger partial charge in [0, 0.05) is 5.39 Å². The summed E-state index contributed by atoms with van der Waals surface area (Å²) in [5.74, 6) is 0.188. The number of nitrogens with zero attached hydrogens (tertiary/aromatic N) is 4. The molecule has 2 heterocycles. The van der Waals surface area contributed by atoms with Crippen molar-refractivity contribution in [1.82, 2.24) is 19.6 Å². The highest BCUT2D eigenvalue weighted by Gasteiger charge is 2.16. The van der Waals surface area contributed by atoms with Gasteiger partial charge in [0.2, 0.25) is 5.95 Å². The van der Waals surface area contributed by atoms with E-state index < -0.39 is 5.82 Å². The van der Waals surface area contributed by atoms with Crippen LogP contribution in [0.4, 0.5) is 10.3 Å². The average Bonchev–Trinajstić information content (AvgIpc) is 2.83. The Bertz CT molecular complexity index is 788. The van der Waals surface area contributed by atoms with Gasteiger partial charge in [-0.25, -0.2) is 14.4 Å². The Balaban J connectivity index is 2.50. The first-order chi connectivity index (χ1) is 9.15. The molecule has 0 saturated carbocycles. The molecule has 1 aromatic carbocycles. The summed E-state index contributed by atoms with van der Waals surface area (Å²) >= 11 is 5.70. The number of aromatic nitrogens is 4. The van der Waals surface area contributed by atoms with E-state index in [1.165, 1.54) is 17.7 Å². The Kier molecular flexibility index (Phi) is 2.63. The first kappa shape index (κ1) is 11.9. The number of nitrogen functional groups attached to an aromatic ring is 1. The number of nitrogens with two attached hydrogens (primary N) is 1. The number of fused-ring (bicyclic) bond motifs is 3. The largest absolute Gasteiger partial charge is 0.491 e. The van der Waals surface area contributed by atoms with Crippen LogP contribution in [0, 0.1) is 5.82 Å². The van der Waals surface area contributed by atoms with Crippen molar-refractivity contribution >= 4 is 34.1 Å². The van der Waals surface area contributed by atoms with Crippen LogP contribution >= 0.6 is 11.6 Å². The number of halogens is 2. The second kappa shape index (κ2) is 4.20. The van der Waals surface area contributed by atoms with Gasteiger partial charge in [0.1, 0.15) is 5.52 Å². The van der Waals surface area contributed by atoms with Crippen LogP contribution in [0.5, 0.6) is 5.75 Å². The van der Waals surface area contributed by atoms with Gasteiger partial charge in [0.15, 0.2) is 23.0 Å². The minimum absolute atomic E-state index is 0.0297. The van der Waals surface area contributed by atoms with E-state index in [-0.39, 0.29) is 17.6 Å². The molecule has 2 N–H and O–H groups in total. The summed E-state index contributed by atoms with van der Waals surface area (Å²) in [6, 6.07) is 2.84. The highest BCUT2D eigenvalue weighted by atomic mass is 35.5. The van der Waals surface area contributed by atoms with Crippen molar-refractivity contribution in [1.29, 1.82) is 0 Å². The zero-order valence-corrected chi connectivity index (χ0v) is 10.6. The van der Waals surface area contributed by atoms with E-state index in [4.69, 9.17) is 22.1 Å². The molecule has 0 unspecified atom stereocenters. The SMILES string of the molecule is COc1c(F)ccc2c1nc(N)n1nc(CCl)nc21. The molecule has 3 rings (SSSR count). The summed E-state index contributed by atoms with van der Waals surface area (Å²) in [6.07, 6.45) is 0. The highest BCUT2D eigenvalue weighted by Crippen LogP contribution is 2.30. The fraction of sp³-hybridized carbons (Fsp3) is 0.182. The third-order valence-corrected chi connectivity index (χ3v) is 2.98. The standard InChI is InChI=1S/C11H9ClFN5O/c1-19-9-6(13)3-2-5-8(9)16-11(14)18-10(5)15-7(4-12)17-18/h2-3H,4H2,1H3,(H2,14,16). The third-order valence-electron chi connectivity index (χ3n) is 2.74. The topological polar surface area (TPSA) is 78.3 Å². The van der Waals surface area contributed by atoms with E-state index in [0.29, 0.717) is 22.4 Å². The van der Waals surface area contributed by atoms with E-state index in [1.807, 2.05) is 0 Å². The maximum absolute atomic E-state index is 13.7. The van der Waals surface area contributed by atoms with Crippen molar-refractivity contribution in [3.8, 4) is 5.75 Å². The van der Waals surface area contributed by atoms with E-state index in [0.717, 1.165) is 0 Å². The molecule has 3 aromatic rings. The zero-order valence-electron chi connectivity index (χ0n) is 9.89. The number of hydrogen-bond acceptors (Lipinski definition) is 5. The van der Waals surface area contributed by atoms with Gasteiger partial charge in [0.05, 0.1) is 13.0 Å². The molecule has 2 aromatic heterocycles. The Morgan fingerprint density at radius 1 is 1.42 bits per heavy atom. The van der Waals surface area contributed by atoms with Crippen LogP contribution in [0.1, 0.15) is 5.82 Å². The van der Waals surface area contributed by atoms with Crippen LogP contribution in [-0.2, 0) is 5.88 Å². The molecule has 0 bridgehead atoms. The predicted molar refractivity (Wildman–Crippen MR) is 68.8 cm³/mol. The Morgan fingerprint density at radius 2 is 2.21 bits per heavy atom. The lowest BCUT2D eigenvalue weighted by molar-refractivity contribution is 0.391. The van der Waals surface area contributed by atoms with Crippen molar-refractivity contribution in [2.45, 2.75) is 5.88 Å². The second-order valence-electron chi connectivity index (χ2n) is 3.84. The van der Waals surface area contributed by atoms with E-state index >= 15 is 0 Å². The van der Waals surface area contributed by atoms with Gasteiger partial charge in [0.25, 0.3) is 0 Å². The fourth-order valence-electron chi connectivity index (χ4n) is 1.94. The number of ether oxygens (including phenoxy) is 1. The monoisotopic (exact) mass is 281 g/mol. The number of rotatable bonds is 2. The Hall–Kier alpha value is -2.15. The molecule has 0 atom stereocenters. The highest BCUT2D eigenvalue weighted by molar-refractivity contribution is 6.16. The maximum atomic E-state index is 13.7. The summed E-state index contributed by atoms with van der Waals surface area (Å²) in [7, 11) is 1.37. The minimum Gasteiger partial charge on any atom is -0.491 e. The van der Waals surface area contributed by atoms with Crippen LogP contribution in [0.3, 0.4) is 0 Å². The number of hydrogen-bond donors (Lipinski definition) is 1. The van der Waals surface area contributed by atoms with Crippen molar-refractivity contribution in [3.05, 3.63) is 23.8 Å². The van der Waals surface area contributed by atoms with E-state index in [9.17, 15) is 4.39 Å². The molecule has 0 fully saturated rings. The molecular weight excluding hydrogens is 273 g/mol. The first-order valence-corrected chi connectivity index (χ1v) is 5.92. The average molecular weight is 282 g/mol. The molecule has 0 aliphatic rings. The molecule has 0 radical (unpaired) electrons. The normalized spacial score (nSPS) is 11.3. The zero-order chi connectivity index (χ0) is 13.6. The summed E-state index contributed by atoms with van der Waals surface area (Å²) < 4.78 is 20.0. The first-order valence-electron chi connectivity index (χ1n) is 5.39. The molecule has 0 spiro atoms. The lowest BCUT2D eigenvalue weighted by Gasteiger charge is -2.07. The van der Waals surface area contributed by atoms with Crippen molar-refractivity contribution < 1.29 is 9.13 Å². The fourth-order valence-corrected chi connectivity index (χ4v) is 2.05. The van der Waals surface area contributed by atoms with Crippen molar-refractivity contribution in [3.63, 3.8) is 0 Å². The van der Waals surface area contributed by atoms with E-state index in [1.54, 1.807) is 6.07 Å². The van der Waals surface area contributed by atoms with Crippen LogP contribution in [-0.4, -0.2) is 26.7 Å². The lowest BCUT2D eigenvalue weighted by atomic mass is 10.2. The van der Waals surface area contributed by atoms with Gasteiger partial charge >= 0.3 is 0 Å². The van der Waals surface area contributed by atoms with Crippen molar-refractivity contribution in [2.75, 3.05) is 12.8 Å². The molecule has 0 aliphatic carbocycles. The molecule has 98 valence electrons. The van der Waals surface area contributed by atoms with Crippen LogP contribution in [0.25, 0.3) is 16.6 Å². The van der Waals surface area contributed by atoms with Gasteiger partial charge in [-0.2, -0.15) is 4.52 Å². The Morgan fingerprint density at radius 3 is 2.89 bits per heavy atom. The predicted octanol–water partition coefficient (Wildman–Crippen LogP) is 1.75.